The fourth-order valence-electron chi connectivity index (χ4n) is 2.58. The number of hydrogen-bond acceptors (Lipinski definition) is 3. The number of benzene rings is 1. The predicted molar refractivity (Wildman–Crippen MR) is 71.8 cm³/mol. The second kappa shape index (κ2) is 4.57. The Morgan fingerprint density at radius 1 is 1.44 bits per heavy atom. The average molecular weight is 266 g/mol. The van der Waals surface area contributed by atoms with Crippen LogP contribution in [0.5, 0.6) is 0 Å². The number of aryl methyl sites for hydroxylation is 1. The van der Waals surface area contributed by atoms with Crippen molar-refractivity contribution in [3.63, 3.8) is 0 Å². The molecule has 18 heavy (non-hydrogen) atoms. The fourth-order valence-corrected chi connectivity index (χ4v) is 2.75. The highest BCUT2D eigenvalue weighted by atomic mass is 35.5. The molecule has 0 saturated carbocycles. The maximum Gasteiger partial charge on any atom is 0.134 e. The van der Waals surface area contributed by atoms with Gasteiger partial charge in [0, 0.05) is 28.5 Å². The molecule has 1 aliphatic rings. The summed E-state index contributed by atoms with van der Waals surface area (Å²) < 4.78 is 11.3. The smallest absolute Gasteiger partial charge is 0.134 e. The van der Waals surface area contributed by atoms with Gasteiger partial charge in [-0.1, -0.05) is 11.6 Å². The first-order valence-corrected chi connectivity index (χ1v) is 6.56. The summed E-state index contributed by atoms with van der Waals surface area (Å²) >= 11 is 6.01. The van der Waals surface area contributed by atoms with Crippen LogP contribution in [-0.2, 0) is 4.74 Å². The Kier molecular flexibility index (Phi) is 3.06. The normalized spacial score (nSPS) is 21.6. The highest BCUT2D eigenvalue weighted by Gasteiger charge is 2.28. The topological polar surface area (TPSA) is 48.4 Å². The van der Waals surface area contributed by atoms with E-state index in [0.29, 0.717) is 5.92 Å². The summed E-state index contributed by atoms with van der Waals surface area (Å²) in [5.74, 6) is 1.21. The molecule has 0 amide bonds. The number of halogens is 1. The van der Waals surface area contributed by atoms with Gasteiger partial charge in [0.05, 0.1) is 12.6 Å². The first-order valence-electron chi connectivity index (χ1n) is 6.18. The lowest BCUT2D eigenvalue weighted by molar-refractivity contribution is 0.178. The highest BCUT2D eigenvalue weighted by Crippen LogP contribution is 2.35. The number of hydrogen-bond donors (Lipinski definition) is 1. The van der Waals surface area contributed by atoms with Crippen LogP contribution in [0.4, 0.5) is 0 Å². The van der Waals surface area contributed by atoms with Gasteiger partial charge in [-0.05, 0) is 31.5 Å². The molecule has 1 aromatic heterocycles. The van der Waals surface area contributed by atoms with Crippen molar-refractivity contribution in [2.75, 3.05) is 13.2 Å². The Balaban J connectivity index is 2.03. The van der Waals surface area contributed by atoms with Crippen molar-refractivity contribution in [2.45, 2.75) is 19.4 Å². The molecule has 4 heteroatoms. The van der Waals surface area contributed by atoms with Crippen molar-refractivity contribution in [3.8, 4) is 0 Å². The van der Waals surface area contributed by atoms with Crippen LogP contribution >= 0.6 is 11.6 Å². The lowest BCUT2D eigenvalue weighted by atomic mass is 9.95. The number of rotatable bonds is 2. The van der Waals surface area contributed by atoms with Crippen LogP contribution in [0, 0.1) is 12.8 Å². The molecule has 1 aromatic carbocycles. The molecule has 2 atom stereocenters. The van der Waals surface area contributed by atoms with Gasteiger partial charge in [-0.3, -0.25) is 0 Å². The summed E-state index contributed by atoms with van der Waals surface area (Å²) in [5, 5.41) is 1.77. The van der Waals surface area contributed by atoms with Gasteiger partial charge in [-0.25, -0.2) is 0 Å². The van der Waals surface area contributed by atoms with Gasteiger partial charge < -0.3 is 14.9 Å². The van der Waals surface area contributed by atoms with Crippen LogP contribution in [0.3, 0.4) is 0 Å². The molecule has 3 rings (SSSR count). The molecule has 0 bridgehead atoms. The summed E-state index contributed by atoms with van der Waals surface area (Å²) in [6.07, 6.45) is 0.998. The van der Waals surface area contributed by atoms with E-state index < -0.39 is 0 Å². The lowest BCUT2D eigenvalue weighted by Crippen LogP contribution is -2.21. The van der Waals surface area contributed by atoms with Crippen molar-refractivity contribution in [2.24, 2.45) is 11.7 Å². The zero-order chi connectivity index (χ0) is 12.7. The zero-order valence-electron chi connectivity index (χ0n) is 10.3. The summed E-state index contributed by atoms with van der Waals surface area (Å²) in [4.78, 5) is 0. The molecule has 1 aliphatic heterocycles. The summed E-state index contributed by atoms with van der Waals surface area (Å²) in [7, 11) is 0. The lowest BCUT2D eigenvalue weighted by Gasteiger charge is -2.15. The van der Waals surface area contributed by atoms with Crippen LogP contribution in [0.1, 0.15) is 23.8 Å². The molecule has 2 N–H and O–H groups in total. The summed E-state index contributed by atoms with van der Waals surface area (Å²) in [6.45, 7) is 3.55. The predicted octanol–water partition coefficient (Wildman–Crippen LogP) is 3.43. The first-order chi connectivity index (χ1) is 8.66. The molecule has 2 aromatic rings. The van der Waals surface area contributed by atoms with Crippen LogP contribution in [0.15, 0.2) is 22.6 Å². The molecule has 1 saturated heterocycles. The van der Waals surface area contributed by atoms with Crippen molar-refractivity contribution in [1.29, 1.82) is 0 Å². The van der Waals surface area contributed by atoms with E-state index in [4.69, 9.17) is 26.5 Å². The number of fused-ring (bicyclic) bond motifs is 1. The van der Waals surface area contributed by atoms with Gasteiger partial charge in [0.1, 0.15) is 11.3 Å². The second-order valence-corrected chi connectivity index (χ2v) is 5.32. The van der Waals surface area contributed by atoms with Crippen LogP contribution < -0.4 is 5.73 Å². The zero-order valence-corrected chi connectivity index (χ0v) is 11.0. The van der Waals surface area contributed by atoms with Gasteiger partial charge >= 0.3 is 0 Å². The quantitative estimate of drug-likeness (QED) is 0.905. The summed E-state index contributed by atoms with van der Waals surface area (Å²) in [5.41, 5.74) is 8.23. The van der Waals surface area contributed by atoms with Crippen LogP contribution in [-0.4, -0.2) is 13.2 Å². The number of ether oxygens (including phenoxy) is 1. The molecule has 0 radical (unpaired) electrons. The standard InChI is InChI=1S/C14H16ClNO2/c1-8-11-6-10(15)2-3-12(11)18-14(8)13(16)9-4-5-17-7-9/h2-3,6,9,13H,4-5,7,16H2,1H3. The Labute approximate surface area is 111 Å². The average Bonchev–Trinajstić information content (AvgIpc) is 2.98. The number of furan rings is 1. The minimum Gasteiger partial charge on any atom is -0.459 e. The van der Waals surface area contributed by atoms with Gasteiger partial charge in [0.2, 0.25) is 0 Å². The first kappa shape index (κ1) is 12.0. The molecular weight excluding hydrogens is 250 g/mol. The Bertz CT molecular complexity index is 572. The van der Waals surface area contributed by atoms with Crippen molar-refractivity contribution in [1.82, 2.24) is 0 Å². The van der Waals surface area contributed by atoms with E-state index in [1.54, 1.807) is 0 Å². The van der Waals surface area contributed by atoms with Crippen LogP contribution in [0.2, 0.25) is 5.02 Å². The maximum atomic E-state index is 6.30. The molecule has 3 nitrogen and oxygen atoms in total. The minimum atomic E-state index is -0.0984. The maximum absolute atomic E-state index is 6.30. The summed E-state index contributed by atoms with van der Waals surface area (Å²) in [6, 6.07) is 5.56. The molecule has 2 unspecified atom stereocenters. The number of nitrogens with two attached hydrogens (primary N) is 1. The molecule has 1 fully saturated rings. The van der Waals surface area contributed by atoms with E-state index in [-0.39, 0.29) is 6.04 Å². The molecule has 2 heterocycles. The Morgan fingerprint density at radius 3 is 3.00 bits per heavy atom. The third-order valence-corrected chi connectivity index (χ3v) is 3.95. The highest BCUT2D eigenvalue weighted by molar-refractivity contribution is 6.31. The molecular formula is C14H16ClNO2. The van der Waals surface area contributed by atoms with E-state index in [9.17, 15) is 0 Å². The third-order valence-electron chi connectivity index (χ3n) is 3.71. The van der Waals surface area contributed by atoms with Crippen molar-refractivity contribution in [3.05, 3.63) is 34.5 Å². The Morgan fingerprint density at radius 2 is 2.28 bits per heavy atom. The minimum absolute atomic E-state index is 0.0984. The molecule has 96 valence electrons. The monoisotopic (exact) mass is 265 g/mol. The third kappa shape index (κ3) is 1.92. The van der Waals surface area contributed by atoms with Gasteiger partial charge in [-0.2, -0.15) is 0 Å². The van der Waals surface area contributed by atoms with Gasteiger partial charge in [-0.15, -0.1) is 0 Å². The largest absolute Gasteiger partial charge is 0.459 e. The van der Waals surface area contributed by atoms with E-state index in [2.05, 4.69) is 0 Å². The molecule has 0 aliphatic carbocycles. The fraction of sp³-hybridized carbons (Fsp3) is 0.429. The van der Waals surface area contributed by atoms with E-state index in [1.165, 1.54) is 0 Å². The van der Waals surface area contributed by atoms with E-state index in [1.807, 2.05) is 25.1 Å². The SMILES string of the molecule is Cc1c(C(N)C2CCOC2)oc2ccc(Cl)cc12. The van der Waals surface area contributed by atoms with E-state index in [0.717, 1.165) is 47.0 Å². The second-order valence-electron chi connectivity index (χ2n) is 4.88. The van der Waals surface area contributed by atoms with Crippen LogP contribution in [0.25, 0.3) is 11.0 Å². The molecule has 0 spiro atoms. The van der Waals surface area contributed by atoms with Crippen molar-refractivity contribution >= 4 is 22.6 Å². The van der Waals surface area contributed by atoms with Gasteiger partial charge in [0.15, 0.2) is 0 Å². The Hall–Kier alpha value is -1.03. The van der Waals surface area contributed by atoms with E-state index >= 15 is 0 Å². The van der Waals surface area contributed by atoms with Gasteiger partial charge in [0.25, 0.3) is 0 Å². The van der Waals surface area contributed by atoms with Crippen molar-refractivity contribution < 1.29 is 9.15 Å².